The van der Waals surface area contributed by atoms with Gasteiger partial charge >= 0.3 is 12.1 Å². The summed E-state index contributed by atoms with van der Waals surface area (Å²) in [6, 6.07) is 13.5. The van der Waals surface area contributed by atoms with Crippen molar-refractivity contribution in [1.82, 2.24) is 9.55 Å². The van der Waals surface area contributed by atoms with E-state index in [0.29, 0.717) is 12.8 Å². The zero-order valence-electron chi connectivity index (χ0n) is 21.6. The monoisotopic (exact) mass is 505 g/mol. The van der Waals surface area contributed by atoms with E-state index in [0.717, 1.165) is 59.4 Å². The highest BCUT2D eigenvalue weighted by Crippen LogP contribution is 2.43. The summed E-state index contributed by atoms with van der Waals surface area (Å²) in [6.07, 6.45) is 3.30. The number of fused-ring (bicyclic) bond motifs is 3. The van der Waals surface area contributed by atoms with Crippen LogP contribution in [-0.2, 0) is 16.0 Å². The number of hydrogen-bond donors (Lipinski definition) is 2. The van der Waals surface area contributed by atoms with Crippen molar-refractivity contribution in [2.75, 3.05) is 12.0 Å². The summed E-state index contributed by atoms with van der Waals surface area (Å²) >= 11 is 0. The van der Waals surface area contributed by atoms with E-state index in [4.69, 9.17) is 9.72 Å². The van der Waals surface area contributed by atoms with E-state index < -0.39 is 24.1 Å². The lowest BCUT2D eigenvalue weighted by Gasteiger charge is -2.34. The Kier molecular flexibility index (Phi) is 6.94. The molecule has 0 unspecified atom stereocenters. The van der Waals surface area contributed by atoms with Gasteiger partial charge in [0.25, 0.3) is 0 Å². The van der Waals surface area contributed by atoms with Crippen LogP contribution in [-0.4, -0.2) is 45.0 Å². The lowest BCUT2D eigenvalue weighted by atomic mass is 9.85. The Morgan fingerprint density at radius 3 is 2.57 bits per heavy atom. The van der Waals surface area contributed by atoms with Crippen molar-refractivity contribution in [3.8, 4) is 0 Å². The number of benzene rings is 2. The second-order valence-corrected chi connectivity index (χ2v) is 10.5. The number of rotatable bonds is 5. The molecular weight excluding hydrogens is 470 g/mol. The molecule has 1 fully saturated rings. The summed E-state index contributed by atoms with van der Waals surface area (Å²) in [4.78, 5) is 31.4. The van der Waals surface area contributed by atoms with Gasteiger partial charge in [-0.2, -0.15) is 0 Å². The van der Waals surface area contributed by atoms with E-state index >= 15 is 0 Å². The zero-order valence-corrected chi connectivity index (χ0v) is 21.6. The Balaban J connectivity index is 1.67. The van der Waals surface area contributed by atoms with Crippen LogP contribution in [0.25, 0.3) is 11.0 Å². The first-order valence-electron chi connectivity index (χ1n) is 13.2. The second-order valence-electron chi connectivity index (χ2n) is 10.5. The quantitative estimate of drug-likeness (QED) is 0.468. The molecule has 2 N–H and O–H groups in total. The number of carboxylic acids is 1. The highest BCUT2D eigenvalue weighted by Gasteiger charge is 2.36. The molecule has 196 valence electrons. The third-order valence-corrected chi connectivity index (χ3v) is 8.24. The standard InChI is InChI=1S/C29H35N3O5/c1-17-12-13-22-23(31(17)29(36)37-3)14-15-24-25(22)30-27(18(2)26(33)19-8-5-4-6-9-19)32(24)21-11-7-10-20(16-21)28(34)35/h4-6,8-9,14-15,17-18,20-21,26,33H,7,10-13,16H2,1-3H3,(H,34,35)/t17-,18+,20+,21+,26-/m0/s1. The lowest BCUT2D eigenvalue weighted by Crippen LogP contribution is -2.42. The lowest BCUT2D eigenvalue weighted by molar-refractivity contribution is -0.143. The fourth-order valence-electron chi connectivity index (χ4n) is 6.20. The molecular formula is C29H35N3O5. The van der Waals surface area contributed by atoms with Crippen molar-refractivity contribution >= 4 is 28.8 Å². The summed E-state index contributed by atoms with van der Waals surface area (Å²) in [7, 11) is 1.39. The van der Waals surface area contributed by atoms with Gasteiger partial charge in [0.2, 0.25) is 0 Å². The van der Waals surface area contributed by atoms with E-state index in [9.17, 15) is 19.8 Å². The highest BCUT2D eigenvalue weighted by atomic mass is 16.5. The number of aliphatic hydroxyl groups excluding tert-OH is 1. The van der Waals surface area contributed by atoms with E-state index in [1.807, 2.05) is 56.3 Å². The number of methoxy groups -OCH3 is 1. The third-order valence-electron chi connectivity index (χ3n) is 8.24. The summed E-state index contributed by atoms with van der Waals surface area (Å²) < 4.78 is 7.26. The van der Waals surface area contributed by atoms with Crippen molar-refractivity contribution in [1.29, 1.82) is 0 Å². The normalized spacial score (nSPS) is 23.4. The average Bonchev–Trinajstić information content (AvgIpc) is 3.32. The molecule has 0 bridgehead atoms. The van der Waals surface area contributed by atoms with Crippen molar-refractivity contribution in [3.05, 3.63) is 59.4 Å². The van der Waals surface area contributed by atoms with Gasteiger partial charge < -0.3 is 19.5 Å². The first kappa shape index (κ1) is 25.3. The number of aliphatic carboxylic acids is 1. The van der Waals surface area contributed by atoms with Crippen LogP contribution < -0.4 is 4.90 Å². The number of aromatic nitrogens is 2. The van der Waals surface area contributed by atoms with Gasteiger partial charge in [0, 0.05) is 23.6 Å². The van der Waals surface area contributed by atoms with Crippen LogP contribution in [0.4, 0.5) is 10.5 Å². The minimum absolute atomic E-state index is 0.00690. The Labute approximate surface area is 216 Å². The number of carbonyl (C=O) groups excluding carboxylic acids is 1. The van der Waals surface area contributed by atoms with Crippen molar-refractivity contribution in [2.45, 2.75) is 76.5 Å². The van der Waals surface area contributed by atoms with Crippen molar-refractivity contribution < 1.29 is 24.5 Å². The molecule has 37 heavy (non-hydrogen) atoms. The topological polar surface area (TPSA) is 105 Å². The van der Waals surface area contributed by atoms with Gasteiger partial charge in [0.05, 0.1) is 35.9 Å². The molecule has 0 saturated heterocycles. The predicted molar refractivity (Wildman–Crippen MR) is 141 cm³/mol. The molecule has 0 spiro atoms. The molecule has 5 rings (SSSR count). The van der Waals surface area contributed by atoms with Crippen LogP contribution >= 0.6 is 0 Å². The van der Waals surface area contributed by atoms with Gasteiger partial charge in [-0.1, -0.05) is 43.7 Å². The van der Waals surface area contributed by atoms with Gasteiger partial charge in [0.15, 0.2) is 0 Å². The van der Waals surface area contributed by atoms with Crippen molar-refractivity contribution in [3.63, 3.8) is 0 Å². The Hall–Kier alpha value is -3.39. The summed E-state index contributed by atoms with van der Waals surface area (Å²) in [5, 5.41) is 21.1. The maximum Gasteiger partial charge on any atom is 0.414 e. The molecule has 1 aliphatic heterocycles. The molecule has 1 saturated carbocycles. The number of carboxylic acid groups (broad SMARTS) is 1. The first-order chi connectivity index (χ1) is 17.8. The molecule has 2 heterocycles. The average molecular weight is 506 g/mol. The molecule has 8 heteroatoms. The van der Waals surface area contributed by atoms with Crippen LogP contribution in [0.15, 0.2) is 42.5 Å². The predicted octanol–water partition coefficient (Wildman–Crippen LogP) is 5.60. The first-order valence-corrected chi connectivity index (χ1v) is 13.2. The zero-order chi connectivity index (χ0) is 26.3. The van der Waals surface area contributed by atoms with Gasteiger partial charge in [-0.05, 0) is 56.7 Å². The van der Waals surface area contributed by atoms with Gasteiger partial charge in [-0.15, -0.1) is 0 Å². The number of amides is 1. The Bertz CT molecular complexity index is 1300. The van der Waals surface area contributed by atoms with E-state index in [1.165, 1.54) is 7.11 Å². The maximum absolute atomic E-state index is 12.6. The van der Waals surface area contributed by atoms with Crippen LogP contribution in [0.5, 0.6) is 0 Å². The van der Waals surface area contributed by atoms with E-state index in [2.05, 4.69) is 4.57 Å². The molecule has 1 aromatic heterocycles. The van der Waals surface area contributed by atoms with Crippen LogP contribution in [0, 0.1) is 5.92 Å². The number of aliphatic hydroxyl groups is 1. The number of carbonyl (C=O) groups is 2. The maximum atomic E-state index is 12.6. The number of nitrogens with zero attached hydrogens (tertiary/aromatic N) is 3. The molecule has 2 aromatic carbocycles. The third kappa shape index (κ3) is 4.48. The van der Waals surface area contributed by atoms with E-state index in [1.54, 1.807) is 4.90 Å². The molecule has 3 aromatic rings. The van der Waals surface area contributed by atoms with Gasteiger partial charge in [0.1, 0.15) is 5.82 Å². The molecule has 0 radical (unpaired) electrons. The number of ether oxygens (including phenoxy) is 1. The molecule has 1 amide bonds. The molecule has 2 aliphatic rings. The molecule has 5 atom stereocenters. The van der Waals surface area contributed by atoms with Crippen LogP contribution in [0.1, 0.15) is 81.0 Å². The highest BCUT2D eigenvalue weighted by molar-refractivity contribution is 5.95. The summed E-state index contributed by atoms with van der Waals surface area (Å²) in [6.45, 7) is 3.99. The summed E-state index contributed by atoms with van der Waals surface area (Å²) in [5.41, 5.74) is 4.35. The largest absolute Gasteiger partial charge is 0.481 e. The number of imidazole rings is 1. The van der Waals surface area contributed by atoms with Gasteiger partial charge in [-0.25, -0.2) is 9.78 Å². The SMILES string of the molecule is COC(=O)N1c2ccc3c(nc([C@H](C)[C@H](O)c4ccccc4)n3[C@@H]3CCC[C@@H](C(=O)O)C3)c2CC[C@@H]1C. The number of anilines is 1. The fourth-order valence-corrected chi connectivity index (χ4v) is 6.20. The summed E-state index contributed by atoms with van der Waals surface area (Å²) in [5.74, 6) is -0.728. The van der Waals surface area contributed by atoms with Crippen LogP contribution in [0.3, 0.4) is 0 Å². The van der Waals surface area contributed by atoms with Gasteiger partial charge in [-0.3, -0.25) is 9.69 Å². The minimum Gasteiger partial charge on any atom is -0.481 e. The molecule has 8 nitrogen and oxygen atoms in total. The van der Waals surface area contributed by atoms with Crippen LogP contribution in [0.2, 0.25) is 0 Å². The smallest absolute Gasteiger partial charge is 0.414 e. The number of aryl methyl sites for hydroxylation is 1. The van der Waals surface area contributed by atoms with E-state index in [-0.39, 0.29) is 18.0 Å². The minimum atomic E-state index is -0.766. The Morgan fingerprint density at radius 1 is 1.11 bits per heavy atom. The molecule has 1 aliphatic carbocycles. The number of hydrogen-bond acceptors (Lipinski definition) is 5. The second kappa shape index (κ2) is 10.2. The Morgan fingerprint density at radius 2 is 1.86 bits per heavy atom. The fraction of sp³-hybridized carbons (Fsp3) is 0.483. The van der Waals surface area contributed by atoms with Crippen molar-refractivity contribution in [2.24, 2.45) is 5.92 Å².